The Morgan fingerprint density at radius 2 is 2.07 bits per heavy atom. The molecule has 2 N–H and O–H groups in total. The zero-order chi connectivity index (χ0) is 21.3. The number of H-pyrrole nitrogens is 1. The lowest BCUT2D eigenvalue weighted by Crippen LogP contribution is -2.25. The van der Waals surface area contributed by atoms with Gasteiger partial charge in [-0.2, -0.15) is 14.9 Å². The minimum Gasteiger partial charge on any atom is -0.493 e. The summed E-state index contributed by atoms with van der Waals surface area (Å²) in [6.45, 7) is 4.46. The predicted molar refractivity (Wildman–Crippen MR) is 111 cm³/mol. The molecule has 9 nitrogen and oxygen atoms in total. The van der Waals surface area contributed by atoms with Gasteiger partial charge < -0.3 is 14.8 Å². The molecular formula is C21H23N5O4. The molecule has 30 heavy (non-hydrogen) atoms. The minimum absolute atomic E-state index is 0.137. The molecule has 3 aromatic rings. The predicted octanol–water partition coefficient (Wildman–Crippen LogP) is 2.54. The van der Waals surface area contributed by atoms with E-state index in [1.807, 2.05) is 32.0 Å². The maximum atomic E-state index is 12.6. The molecule has 156 valence electrons. The summed E-state index contributed by atoms with van der Waals surface area (Å²) in [6.07, 6.45) is 1.11. The van der Waals surface area contributed by atoms with Gasteiger partial charge in [-0.05, 0) is 25.5 Å². The number of methoxy groups -OCH3 is 1. The molecule has 2 aromatic heterocycles. The van der Waals surface area contributed by atoms with E-state index < -0.39 is 0 Å². The number of ether oxygens (including phenoxy) is 2. The van der Waals surface area contributed by atoms with Crippen LogP contribution in [0.2, 0.25) is 0 Å². The highest BCUT2D eigenvalue weighted by Gasteiger charge is 2.35. The number of para-hydroxylation sites is 1. The molecule has 0 bridgehead atoms. The lowest BCUT2D eigenvalue weighted by molar-refractivity contribution is -0.116. The summed E-state index contributed by atoms with van der Waals surface area (Å²) in [5.41, 5.74) is 2.20. The van der Waals surface area contributed by atoms with Crippen LogP contribution in [0.1, 0.15) is 42.5 Å². The fourth-order valence-corrected chi connectivity index (χ4v) is 3.76. The topological polar surface area (TPSA) is 111 Å². The molecule has 3 heterocycles. The summed E-state index contributed by atoms with van der Waals surface area (Å²) in [5, 5.41) is 13.9. The maximum absolute atomic E-state index is 12.6. The van der Waals surface area contributed by atoms with E-state index in [0.29, 0.717) is 29.7 Å². The van der Waals surface area contributed by atoms with Gasteiger partial charge in [0, 0.05) is 29.5 Å². The van der Waals surface area contributed by atoms with Crippen LogP contribution in [0.15, 0.2) is 35.1 Å². The third kappa shape index (κ3) is 3.42. The quantitative estimate of drug-likeness (QED) is 0.647. The van der Waals surface area contributed by atoms with Crippen LogP contribution in [0, 0.1) is 6.92 Å². The van der Waals surface area contributed by atoms with Crippen LogP contribution in [0.4, 0.5) is 5.82 Å². The summed E-state index contributed by atoms with van der Waals surface area (Å²) < 4.78 is 13.1. The van der Waals surface area contributed by atoms with Crippen LogP contribution < -0.4 is 20.3 Å². The summed E-state index contributed by atoms with van der Waals surface area (Å²) in [5.74, 6) is 1.82. The second-order valence-corrected chi connectivity index (χ2v) is 7.07. The highest BCUT2D eigenvalue weighted by atomic mass is 16.5. The molecule has 0 fully saturated rings. The number of nitrogens with zero attached hydrogens (tertiary/aromatic N) is 3. The molecule has 9 heteroatoms. The van der Waals surface area contributed by atoms with Crippen LogP contribution in [-0.4, -0.2) is 39.6 Å². The Balaban J connectivity index is 1.87. The smallest absolute Gasteiger partial charge is 0.264 e. The highest BCUT2D eigenvalue weighted by molar-refractivity contribution is 5.95. The number of rotatable bonds is 6. The van der Waals surface area contributed by atoms with Gasteiger partial charge >= 0.3 is 0 Å². The Bertz CT molecular complexity index is 1130. The lowest BCUT2D eigenvalue weighted by atomic mass is 9.85. The monoisotopic (exact) mass is 409 g/mol. The molecule has 0 spiro atoms. The van der Waals surface area contributed by atoms with E-state index in [9.17, 15) is 9.59 Å². The van der Waals surface area contributed by atoms with Crippen molar-refractivity contribution in [3.8, 4) is 17.3 Å². The van der Waals surface area contributed by atoms with E-state index in [1.165, 1.54) is 10.7 Å². The fraction of sp³-hybridized carbons (Fsp3) is 0.333. The van der Waals surface area contributed by atoms with E-state index in [0.717, 1.165) is 23.2 Å². The summed E-state index contributed by atoms with van der Waals surface area (Å²) >= 11 is 0. The molecule has 1 atom stereocenters. The summed E-state index contributed by atoms with van der Waals surface area (Å²) in [6, 6.07) is 8.62. The third-order valence-electron chi connectivity index (χ3n) is 5.04. The average molecular weight is 409 g/mol. The number of anilines is 1. The van der Waals surface area contributed by atoms with Gasteiger partial charge in [-0.15, -0.1) is 0 Å². The number of benzene rings is 1. The van der Waals surface area contributed by atoms with E-state index in [1.54, 1.807) is 13.2 Å². The first kappa shape index (κ1) is 19.7. The fourth-order valence-electron chi connectivity index (χ4n) is 3.76. The van der Waals surface area contributed by atoms with Gasteiger partial charge in [0.2, 0.25) is 5.91 Å². The second-order valence-electron chi connectivity index (χ2n) is 7.07. The van der Waals surface area contributed by atoms with Crippen LogP contribution in [0.5, 0.6) is 11.5 Å². The summed E-state index contributed by atoms with van der Waals surface area (Å²) in [4.78, 5) is 24.0. The lowest BCUT2D eigenvalue weighted by Gasteiger charge is -2.26. The number of fused-ring (bicyclic) bond motifs is 1. The van der Waals surface area contributed by atoms with E-state index >= 15 is 0 Å². The number of aromatic amines is 1. The van der Waals surface area contributed by atoms with Crippen molar-refractivity contribution in [2.24, 2.45) is 0 Å². The molecule has 0 saturated heterocycles. The van der Waals surface area contributed by atoms with Crippen molar-refractivity contribution >= 4 is 11.7 Å². The normalized spacial score (nSPS) is 15.4. The zero-order valence-electron chi connectivity index (χ0n) is 17.1. The number of hydrogen-bond donors (Lipinski definition) is 2. The molecule has 0 radical (unpaired) electrons. The molecule has 1 aromatic carbocycles. The molecule has 1 aliphatic rings. The number of aryl methyl sites for hydroxylation is 1. The van der Waals surface area contributed by atoms with Crippen LogP contribution >= 0.6 is 0 Å². The number of aromatic nitrogens is 4. The number of nitrogens with one attached hydrogen (secondary N) is 2. The largest absolute Gasteiger partial charge is 0.493 e. The molecule has 0 unspecified atom stereocenters. The van der Waals surface area contributed by atoms with Crippen molar-refractivity contribution in [2.75, 3.05) is 19.0 Å². The van der Waals surface area contributed by atoms with Crippen molar-refractivity contribution < 1.29 is 14.3 Å². The first-order chi connectivity index (χ1) is 14.5. The Labute approximate surface area is 173 Å². The van der Waals surface area contributed by atoms with Gasteiger partial charge in [-0.3, -0.25) is 9.59 Å². The number of carbonyl (C=O) groups is 1. The van der Waals surface area contributed by atoms with Crippen molar-refractivity contribution in [3.63, 3.8) is 0 Å². The van der Waals surface area contributed by atoms with E-state index in [2.05, 4.69) is 20.6 Å². The van der Waals surface area contributed by atoms with Gasteiger partial charge in [0.05, 0.1) is 19.4 Å². The number of amides is 1. The molecule has 1 aliphatic heterocycles. The SMILES string of the molecule is CCCOc1c(OC)cccc1[C@H]1CC(=O)Nc2c1c(C)nn2-c1ccc(=O)[nH]n1. The van der Waals surface area contributed by atoms with Crippen molar-refractivity contribution in [1.82, 2.24) is 20.0 Å². The molecule has 1 amide bonds. The Hall–Kier alpha value is -3.62. The van der Waals surface area contributed by atoms with Gasteiger partial charge in [-0.25, -0.2) is 5.10 Å². The van der Waals surface area contributed by atoms with Gasteiger partial charge in [-0.1, -0.05) is 19.1 Å². The molecule has 0 aliphatic carbocycles. The van der Waals surface area contributed by atoms with Gasteiger partial charge in [0.15, 0.2) is 17.3 Å². The van der Waals surface area contributed by atoms with Gasteiger partial charge in [0.25, 0.3) is 5.56 Å². The maximum Gasteiger partial charge on any atom is 0.264 e. The highest BCUT2D eigenvalue weighted by Crippen LogP contribution is 2.45. The Kier molecular flexibility index (Phi) is 5.26. The van der Waals surface area contributed by atoms with E-state index in [-0.39, 0.29) is 23.8 Å². The van der Waals surface area contributed by atoms with Gasteiger partial charge in [0.1, 0.15) is 5.82 Å². The van der Waals surface area contributed by atoms with E-state index in [4.69, 9.17) is 9.47 Å². The summed E-state index contributed by atoms with van der Waals surface area (Å²) in [7, 11) is 1.60. The van der Waals surface area contributed by atoms with Crippen molar-refractivity contribution in [2.45, 2.75) is 32.6 Å². The first-order valence-electron chi connectivity index (χ1n) is 9.78. The van der Waals surface area contributed by atoms with Crippen LogP contribution in [0.3, 0.4) is 0 Å². The standard InChI is InChI=1S/C21H23N5O4/c1-4-10-30-20-13(6-5-7-15(20)29-3)14-11-18(28)22-21-19(14)12(2)25-26(21)16-8-9-17(27)24-23-16/h5-9,14H,4,10-11H2,1-3H3,(H,22,28)(H,24,27)/t14-/m1/s1. The zero-order valence-corrected chi connectivity index (χ0v) is 17.1. The number of carbonyl (C=O) groups excluding carboxylic acids is 1. The molecule has 4 rings (SSSR count). The Morgan fingerprint density at radius 1 is 1.23 bits per heavy atom. The van der Waals surface area contributed by atoms with Crippen molar-refractivity contribution in [1.29, 1.82) is 0 Å². The average Bonchev–Trinajstić information content (AvgIpc) is 3.08. The Morgan fingerprint density at radius 3 is 2.77 bits per heavy atom. The number of hydrogen-bond acceptors (Lipinski definition) is 6. The molecular weight excluding hydrogens is 386 g/mol. The first-order valence-corrected chi connectivity index (χ1v) is 9.78. The van der Waals surface area contributed by atoms with Crippen LogP contribution in [-0.2, 0) is 4.79 Å². The van der Waals surface area contributed by atoms with Crippen LogP contribution in [0.25, 0.3) is 5.82 Å². The second kappa shape index (κ2) is 8.02. The third-order valence-corrected chi connectivity index (χ3v) is 5.04. The molecule has 0 saturated carbocycles. The van der Waals surface area contributed by atoms with Crippen molar-refractivity contribution in [3.05, 3.63) is 57.5 Å². The minimum atomic E-state index is -0.312.